The molecule has 0 aromatic rings. The number of hydrogen-bond donors (Lipinski definition) is 0. The number of ether oxygens (including phenoxy) is 1. The molecule has 0 aromatic carbocycles. The van der Waals surface area contributed by atoms with Crippen LogP contribution in [0, 0.1) is 5.92 Å². The fraction of sp³-hybridized carbons (Fsp3) is 0.895. The van der Waals surface area contributed by atoms with Crippen LogP contribution >= 0.6 is 0 Å². The molecule has 1 unspecified atom stereocenters. The van der Waals surface area contributed by atoms with Crippen molar-refractivity contribution in [3.8, 4) is 0 Å². The first-order chi connectivity index (χ1) is 12.1. The minimum Gasteiger partial charge on any atom is -0.379 e. The summed E-state index contributed by atoms with van der Waals surface area (Å²) >= 11 is 0. The molecular weight excluding hydrogens is 318 g/mol. The molecule has 0 radical (unpaired) electrons. The van der Waals surface area contributed by atoms with Crippen molar-refractivity contribution >= 4 is 11.9 Å². The van der Waals surface area contributed by atoms with Crippen molar-refractivity contribution in [3.05, 3.63) is 0 Å². The van der Waals surface area contributed by atoms with Crippen molar-refractivity contribution in [3.63, 3.8) is 0 Å². The molecule has 0 N–H and O–H groups in total. The van der Waals surface area contributed by atoms with E-state index >= 15 is 0 Å². The van der Waals surface area contributed by atoms with E-state index in [-0.39, 0.29) is 23.5 Å². The zero-order chi connectivity index (χ0) is 17.4. The lowest BCUT2D eigenvalue weighted by molar-refractivity contribution is -0.138. The van der Waals surface area contributed by atoms with Crippen LogP contribution in [0.2, 0.25) is 0 Å². The first-order valence-corrected chi connectivity index (χ1v) is 10.0. The quantitative estimate of drug-likeness (QED) is 0.767. The molecule has 4 rings (SSSR count). The molecule has 1 saturated carbocycles. The second-order valence-electron chi connectivity index (χ2n) is 8.43. The van der Waals surface area contributed by atoms with E-state index in [9.17, 15) is 9.59 Å². The first-order valence-electron chi connectivity index (χ1n) is 10.0. The Kier molecular flexibility index (Phi) is 4.65. The molecule has 3 saturated heterocycles. The summed E-state index contributed by atoms with van der Waals surface area (Å²) in [5, 5.41) is 0. The summed E-state index contributed by atoms with van der Waals surface area (Å²) in [5.41, 5.74) is -0.133. The Morgan fingerprint density at radius 3 is 2.48 bits per heavy atom. The van der Waals surface area contributed by atoms with E-state index in [1.807, 2.05) is 11.9 Å². The maximum atomic E-state index is 12.8. The summed E-state index contributed by atoms with van der Waals surface area (Å²) in [7, 11) is 1.89. The monoisotopic (exact) mass is 349 g/mol. The third-order valence-corrected chi connectivity index (χ3v) is 6.75. The molecule has 1 spiro atoms. The molecule has 3 aliphatic heterocycles. The Bertz CT molecular complexity index is 518. The topological polar surface area (TPSA) is 53.1 Å². The standard InChI is InChI=1S/C19H31N3O3/c1-20-13-19(9-12-25-14-19)22(18(20)24)16-7-10-21(11-8-16)17(23)15-5-3-2-4-6-15/h15-16H,2-14H2,1H3. The van der Waals surface area contributed by atoms with Gasteiger partial charge in [-0.15, -0.1) is 0 Å². The lowest BCUT2D eigenvalue weighted by Crippen LogP contribution is -2.56. The fourth-order valence-electron chi connectivity index (χ4n) is 5.38. The smallest absolute Gasteiger partial charge is 0.320 e. The highest BCUT2D eigenvalue weighted by atomic mass is 16.5. The Morgan fingerprint density at radius 1 is 1.12 bits per heavy atom. The van der Waals surface area contributed by atoms with Crippen molar-refractivity contribution in [2.45, 2.75) is 62.9 Å². The van der Waals surface area contributed by atoms with Gasteiger partial charge in [0.1, 0.15) is 0 Å². The molecule has 6 heteroatoms. The molecule has 6 nitrogen and oxygen atoms in total. The molecule has 3 amide bonds. The first kappa shape index (κ1) is 17.1. The minimum atomic E-state index is -0.133. The van der Waals surface area contributed by atoms with Gasteiger partial charge in [0, 0.05) is 45.2 Å². The molecule has 25 heavy (non-hydrogen) atoms. The average molecular weight is 349 g/mol. The van der Waals surface area contributed by atoms with Gasteiger partial charge in [0.2, 0.25) is 5.91 Å². The van der Waals surface area contributed by atoms with E-state index in [2.05, 4.69) is 9.80 Å². The van der Waals surface area contributed by atoms with Gasteiger partial charge in [-0.05, 0) is 32.1 Å². The van der Waals surface area contributed by atoms with Crippen LogP contribution in [0.15, 0.2) is 0 Å². The van der Waals surface area contributed by atoms with Crippen LogP contribution in [0.3, 0.4) is 0 Å². The number of likely N-dealkylation sites (N-methyl/N-ethyl adjacent to an activating group) is 1. The fourth-order valence-corrected chi connectivity index (χ4v) is 5.38. The van der Waals surface area contributed by atoms with Gasteiger partial charge in [0.25, 0.3) is 0 Å². The van der Waals surface area contributed by atoms with Crippen molar-refractivity contribution in [1.82, 2.24) is 14.7 Å². The van der Waals surface area contributed by atoms with Gasteiger partial charge < -0.3 is 19.4 Å². The molecule has 3 heterocycles. The number of carbonyl (C=O) groups is 2. The van der Waals surface area contributed by atoms with Gasteiger partial charge in [-0.3, -0.25) is 4.79 Å². The third-order valence-electron chi connectivity index (χ3n) is 6.75. The molecule has 1 atom stereocenters. The van der Waals surface area contributed by atoms with E-state index in [1.54, 1.807) is 0 Å². The Labute approximate surface area is 150 Å². The lowest BCUT2D eigenvalue weighted by Gasteiger charge is -2.43. The number of hydrogen-bond acceptors (Lipinski definition) is 3. The SMILES string of the molecule is CN1CC2(CCOC2)N(C2CCN(C(=O)C3CCCCC3)CC2)C1=O. The van der Waals surface area contributed by atoms with Crippen molar-refractivity contribution in [2.75, 3.05) is 39.9 Å². The van der Waals surface area contributed by atoms with Crippen LogP contribution in [0.1, 0.15) is 51.4 Å². The van der Waals surface area contributed by atoms with Crippen molar-refractivity contribution in [1.29, 1.82) is 0 Å². The second-order valence-corrected chi connectivity index (χ2v) is 8.43. The maximum Gasteiger partial charge on any atom is 0.320 e. The average Bonchev–Trinajstić information content (AvgIpc) is 3.20. The second kappa shape index (κ2) is 6.78. The predicted octanol–water partition coefficient (Wildman–Crippen LogP) is 2.08. The Morgan fingerprint density at radius 2 is 1.84 bits per heavy atom. The summed E-state index contributed by atoms with van der Waals surface area (Å²) in [4.78, 5) is 31.5. The zero-order valence-electron chi connectivity index (χ0n) is 15.4. The van der Waals surface area contributed by atoms with Gasteiger partial charge >= 0.3 is 6.03 Å². The number of rotatable bonds is 2. The normalized spacial score (nSPS) is 32.2. The van der Waals surface area contributed by atoms with E-state index in [0.717, 1.165) is 58.3 Å². The summed E-state index contributed by atoms with van der Waals surface area (Å²) in [5.74, 6) is 0.612. The molecule has 1 aliphatic carbocycles. The van der Waals surface area contributed by atoms with Gasteiger partial charge in [-0.1, -0.05) is 19.3 Å². The summed E-state index contributed by atoms with van der Waals surface area (Å²) in [6.45, 7) is 3.77. The van der Waals surface area contributed by atoms with Crippen LogP contribution < -0.4 is 0 Å². The number of amides is 3. The number of piperidine rings is 1. The largest absolute Gasteiger partial charge is 0.379 e. The van der Waals surface area contributed by atoms with E-state index in [1.165, 1.54) is 19.3 Å². The number of nitrogens with zero attached hydrogens (tertiary/aromatic N) is 3. The molecule has 4 aliphatic rings. The zero-order valence-corrected chi connectivity index (χ0v) is 15.4. The van der Waals surface area contributed by atoms with Crippen LogP contribution in [-0.2, 0) is 9.53 Å². The highest BCUT2D eigenvalue weighted by Crippen LogP contribution is 2.38. The molecular formula is C19H31N3O3. The predicted molar refractivity (Wildman–Crippen MR) is 94.2 cm³/mol. The summed E-state index contributed by atoms with van der Waals surface area (Å²) in [6, 6.07) is 0.386. The molecule has 0 aromatic heterocycles. The van der Waals surface area contributed by atoms with Gasteiger partial charge in [-0.2, -0.15) is 0 Å². The lowest BCUT2D eigenvalue weighted by atomic mass is 9.87. The van der Waals surface area contributed by atoms with E-state index in [4.69, 9.17) is 4.74 Å². The number of urea groups is 1. The maximum absolute atomic E-state index is 12.8. The number of carbonyl (C=O) groups excluding carboxylic acids is 2. The Balaban J connectivity index is 1.39. The van der Waals surface area contributed by atoms with Gasteiger partial charge in [0.15, 0.2) is 0 Å². The van der Waals surface area contributed by atoms with Crippen molar-refractivity contribution in [2.24, 2.45) is 5.92 Å². The summed E-state index contributed by atoms with van der Waals surface area (Å²) in [6.07, 6.45) is 8.54. The van der Waals surface area contributed by atoms with E-state index < -0.39 is 0 Å². The number of likely N-dealkylation sites (tertiary alicyclic amines) is 1. The molecule has 0 bridgehead atoms. The van der Waals surface area contributed by atoms with Crippen LogP contribution in [0.5, 0.6) is 0 Å². The third kappa shape index (κ3) is 3.03. The van der Waals surface area contributed by atoms with Gasteiger partial charge in [0.05, 0.1) is 12.1 Å². The van der Waals surface area contributed by atoms with E-state index in [0.29, 0.717) is 12.5 Å². The molecule has 4 fully saturated rings. The van der Waals surface area contributed by atoms with Crippen LogP contribution in [0.25, 0.3) is 0 Å². The highest BCUT2D eigenvalue weighted by molar-refractivity contribution is 5.80. The van der Waals surface area contributed by atoms with Gasteiger partial charge in [-0.25, -0.2) is 4.79 Å². The minimum absolute atomic E-state index is 0.133. The van der Waals surface area contributed by atoms with Crippen molar-refractivity contribution < 1.29 is 14.3 Å². The van der Waals surface area contributed by atoms with Crippen LogP contribution in [0.4, 0.5) is 4.79 Å². The highest BCUT2D eigenvalue weighted by Gasteiger charge is 2.53. The Hall–Kier alpha value is -1.30. The van der Waals surface area contributed by atoms with Crippen LogP contribution in [-0.4, -0.2) is 78.1 Å². The summed E-state index contributed by atoms with van der Waals surface area (Å²) < 4.78 is 5.65. The molecule has 140 valence electrons.